The Hall–Kier alpha value is -7.65. The zero-order valence-electron chi connectivity index (χ0n) is 43.7. The maximum Gasteiger partial charge on any atom is 1.00 e. The fourth-order valence-electron chi connectivity index (χ4n) is 7.87. The van der Waals surface area contributed by atoms with Crippen LogP contribution in [0.4, 0.5) is 38.0 Å². The standard InChI is InChI=1S/C20H20F3N9.C19H18F3N9.C4H6O4.C2H3BO2.CH4O.Na/c1-12-9-31(10-15(30(12)2)13-5-27-28-6-13)17-3-4-24-19(29-17)14-7-26-18-8-25-16(11-32(14)18)20(21,22)23;1-11-8-30(9-13(28-11)12-4-26-27-5-12)16-2-3-23-18(29-16)14-6-25-17-7-24-15(10-31(14)17)19(20,21)22;1-3(5)7-8-4(2)6;1-2(4)5-3;1-2;/h3-8,11-12,15H,9-10H2,1-2H3,(H,27,28);2-7,10-11,13,28H,8-9H2,1H3,(H,26,27);1-2H3;1H3;2H,1H3;/q;;;-1;;+1. The van der Waals surface area contributed by atoms with Gasteiger partial charge in [0.15, 0.2) is 34.3 Å². The third kappa shape index (κ3) is 16.5. The number of anilines is 2. The molecule has 10 rings (SSSR count). The summed E-state index contributed by atoms with van der Waals surface area (Å²) in [6.45, 7) is 10.6. The SMILES string of the molecule is CC(=O)OOC(C)=O.CC1CN(c2ccnc(-c3cnc4cnc(C(F)(F)F)cn34)n2)CC(c2cn[nH]c2)N1.CC1CN(c2ccnc(-c3cnc4cnc(C(F)(F)F)cn34)n2)CC(c2cn[nH]c2)N1C.CO.[B-]OC(C)=O.[Na+]. The Bertz CT molecular complexity index is 3230. The molecule has 3 radical (unpaired) electrons. The minimum absolute atomic E-state index is 0. The Morgan fingerprint density at radius 1 is 0.646 bits per heavy atom. The number of alkyl halides is 6. The van der Waals surface area contributed by atoms with Gasteiger partial charge in [0.1, 0.15) is 23.0 Å². The molecule has 0 saturated carbocycles. The van der Waals surface area contributed by atoms with Crippen molar-refractivity contribution in [3.05, 3.63) is 109 Å². The van der Waals surface area contributed by atoms with E-state index in [1.54, 1.807) is 30.7 Å². The molecule has 4 unspecified atom stereocenters. The molecule has 8 aromatic heterocycles. The molecule has 0 aromatic carbocycles. The van der Waals surface area contributed by atoms with Gasteiger partial charge in [-0.05, 0) is 33.0 Å². The Morgan fingerprint density at radius 2 is 1.10 bits per heavy atom. The number of nitrogens with zero attached hydrogens (tertiary/aromatic N) is 15. The first kappa shape index (κ1) is 62.2. The molecule has 10 heterocycles. The first-order chi connectivity index (χ1) is 37.1. The van der Waals surface area contributed by atoms with Crippen LogP contribution < -0.4 is 44.7 Å². The van der Waals surface area contributed by atoms with Crippen molar-refractivity contribution in [2.45, 2.75) is 71.1 Å². The van der Waals surface area contributed by atoms with E-state index < -0.39 is 41.6 Å². The minimum atomic E-state index is -4.56. The third-order valence-corrected chi connectivity index (χ3v) is 11.5. The van der Waals surface area contributed by atoms with Crippen LogP contribution >= 0.6 is 0 Å². The maximum absolute atomic E-state index is 13.1. The largest absolute Gasteiger partial charge is 1.00 e. The van der Waals surface area contributed by atoms with Gasteiger partial charge < -0.3 is 32.9 Å². The number of hydrogen-bond acceptors (Lipinski definition) is 21. The van der Waals surface area contributed by atoms with Crippen LogP contribution in [0.1, 0.15) is 69.2 Å². The Kier molecular flexibility index (Phi) is 21.9. The topological polar surface area (TPSA) is 290 Å². The second-order valence-electron chi connectivity index (χ2n) is 17.0. The summed E-state index contributed by atoms with van der Waals surface area (Å²) in [5, 5.41) is 24.3. The summed E-state index contributed by atoms with van der Waals surface area (Å²) in [6, 6.07) is 4.23. The average molecular weight is 1120 g/mol. The zero-order valence-corrected chi connectivity index (χ0v) is 45.7. The Labute approximate surface area is 469 Å². The van der Waals surface area contributed by atoms with Gasteiger partial charge in [0.2, 0.25) is 5.97 Å². The van der Waals surface area contributed by atoms with Crippen LogP contribution in [0.3, 0.4) is 0 Å². The van der Waals surface area contributed by atoms with E-state index in [9.17, 15) is 40.7 Å². The molecule has 0 spiro atoms. The van der Waals surface area contributed by atoms with Crippen LogP contribution in [0.2, 0.25) is 0 Å². The Morgan fingerprint density at radius 3 is 1.52 bits per heavy atom. The molecule has 4 N–H and O–H groups in total. The number of carbonyl (C=O) groups is 3. The van der Waals surface area contributed by atoms with Gasteiger partial charge in [-0.25, -0.2) is 59.2 Å². The first-order valence-corrected chi connectivity index (χ1v) is 23.2. The summed E-state index contributed by atoms with van der Waals surface area (Å²) >= 11 is 0. The van der Waals surface area contributed by atoms with Crippen molar-refractivity contribution in [2.75, 3.05) is 50.1 Å². The summed E-state index contributed by atoms with van der Waals surface area (Å²) in [7, 11) is 7.40. The zero-order chi connectivity index (χ0) is 56.9. The van der Waals surface area contributed by atoms with Crippen LogP contribution in [0.15, 0.2) is 86.5 Å². The van der Waals surface area contributed by atoms with E-state index in [0.717, 1.165) is 70.0 Å². The Balaban J connectivity index is 0.000000230. The molecule has 413 valence electrons. The van der Waals surface area contributed by atoms with Crippen LogP contribution in [0.5, 0.6) is 0 Å². The summed E-state index contributed by atoms with van der Waals surface area (Å²) < 4.78 is 85.0. The van der Waals surface area contributed by atoms with Crippen LogP contribution in [0.25, 0.3) is 34.3 Å². The number of aromatic amines is 2. The quantitative estimate of drug-likeness (QED) is 0.0795. The number of aliphatic hydroxyl groups is 1. The number of imidazole rings is 2. The molecule has 2 saturated heterocycles. The monoisotopic (exact) mass is 1120 g/mol. The van der Waals surface area contributed by atoms with Gasteiger partial charge in [-0.2, -0.15) is 36.5 Å². The maximum atomic E-state index is 13.1. The molecule has 2 fully saturated rings. The summed E-state index contributed by atoms with van der Waals surface area (Å²) in [4.78, 5) is 76.4. The van der Waals surface area contributed by atoms with E-state index in [1.807, 2.05) is 18.6 Å². The summed E-state index contributed by atoms with van der Waals surface area (Å²) in [5.74, 6) is 0.219. The number of likely N-dealkylation sites (N-methyl/N-ethyl adjacent to an activating group) is 1. The molecular formula is C46H51BF6N18NaO7. The number of fused-ring (bicyclic) bond motifs is 2. The van der Waals surface area contributed by atoms with E-state index in [0.29, 0.717) is 41.9 Å². The number of halogens is 6. The molecule has 8 aromatic rings. The van der Waals surface area contributed by atoms with Gasteiger partial charge in [-0.1, -0.05) is 0 Å². The van der Waals surface area contributed by atoms with Gasteiger partial charge in [0.05, 0.1) is 49.3 Å². The fraction of sp³-hybridized carbons (Fsp3) is 0.370. The predicted molar refractivity (Wildman–Crippen MR) is 264 cm³/mol. The number of rotatable bonds is 6. The van der Waals surface area contributed by atoms with E-state index in [2.05, 4.69) is 124 Å². The number of aromatic nitrogens is 14. The van der Waals surface area contributed by atoms with E-state index in [4.69, 9.17) is 5.11 Å². The van der Waals surface area contributed by atoms with E-state index in [1.165, 1.54) is 28.1 Å². The van der Waals surface area contributed by atoms with Crippen molar-refractivity contribution in [3.8, 4) is 23.0 Å². The van der Waals surface area contributed by atoms with E-state index in [-0.39, 0.29) is 70.8 Å². The molecule has 4 atom stereocenters. The van der Waals surface area contributed by atoms with Gasteiger partial charge in [0, 0.05) is 114 Å². The average Bonchev–Trinajstić information content (AvgIpc) is 4.34. The summed E-state index contributed by atoms with van der Waals surface area (Å²) in [5.41, 5.74) is 1.41. The van der Waals surface area contributed by atoms with Crippen LogP contribution in [-0.4, -0.2) is 157 Å². The van der Waals surface area contributed by atoms with Crippen molar-refractivity contribution in [1.82, 2.24) is 79.3 Å². The molecule has 0 bridgehead atoms. The molecule has 2 aliphatic heterocycles. The number of nitrogens with one attached hydrogen (secondary N) is 3. The second kappa shape index (κ2) is 27.8. The van der Waals surface area contributed by atoms with Gasteiger partial charge in [0.25, 0.3) is 0 Å². The molecule has 79 heavy (non-hydrogen) atoms. The van der Waals surface area contributed by atoms with Crippen LogP contribution in [0, 0.1) is 0 Å². The molecule has 33 heteroatoms. The van der Waals surface area contributed by atoms with Gasteiger partial charge in [-0.15, -0.1) is 0 Å². The molecule has 0 amide bonds. The van der Waals surface area contributed by atoms with Crippen molar-refractivity contribution in [2.24, 2.45) is 0 Å². The molecule has 0 aliphatic carbocycles. The number of piperazine rings is 2. The smallest absolute Gasteiger partial charge is 0.793 e. The number of H-pyrrole nitrogens is 2. The van der Waals surface area contributed by atoms with E-state index >= 15 is 0 Å². The molecular weight excluding hydrogens is 1060 g/mol. The summed E-state index contributed by atoms with van der Waals surface area (Å²) in [6.07, 6.45) is 8.33. The van der Waals surface area contributed by atoms with Gasteiger partial charge in [-0.3, -0.25) is 28.7 Å². The first-order valence-electron chi connectivity index (χ1n) is 23.2. The van der Waals surface area contributed by atoms with Crippen LogP contribution in [-0.2, 0) is 41.2 Å². The normalized spacial score (nSPS) is 17.3. The molecule has 25 nitrogen and oxygen atoms in total. The van der Waals surface area contributed by atoms with Crippen molar-refractivity contribution >= 4 is 48.9 Å². The number of carbonyl (C=O) groups excluding carboxylic acids is 3. The number of hydrogen-bond donors (Lipinski definition) is 4. The minimum Gasteiger partial charge on any atom is -0.793 e. The van der Waals surface area contributed by atoms with Crippen molar-refractivity contribution < 1.29 is 89.8 Å². The fourth-order valence-corrected chi connectivity index (χ4v) is 7.87. The van der Waals surface area contributed by atoms with Gasteiger partial charge >= 0.3 is 53.8 Å². The molecule has 2 aliphatic rings. The third-order valence-electron chi connectivity index (χ3n) is 11.5. The van der Waals surface area contributed by atoms with Crippen molar-refractivity contribution in [3.63, 3.8) is 0 Å². The predicted octanol–water partition coefficient (Wildman–Crippen LogP) is 1.55. The number of aliphatic hydroxyl groups excluding tert-OH is 1. The second-order valence-corrected chi connectivity index (χ2v) is 17.0. The van der Waals surface area contributed by atoms with Crippen molar-refractivity contribution in [1.29, 1.82) is 0 Å².